The first-order valence-corrected chi connectivity index (χ1v) is 31.1. The van der Waals surface area contributed by atoms with Gasteiger partial charge in [0, 0.05) is 62.3 Å². The first-order valence-electron chi connectivity index (χ1n) is 31.1. The van der Waals surface area contributed by atoms with Gasteiger partial charge in [0.25, 0.3) is 0 Å². The van der Waals surface area contributed by atoms with Gasteiger partial charge in [0.05, 0.1) is 6.42 Å². The molecule has 0 aliphatic rings. The van der Waals surface area contributed by atoms with E-state index >= 15 is 0 Å². The minimum Gasteiger partial charge on any atom is -0.508 e. The number of para-hydroxylation sites is 1. The highest BCUT2D eigenvalue weighted by Gasteiger charge is 2.35. The van der Waals surface area contributed by atoms with Crippen molar-refractivity contribution < 1.29 is 82.0 Å². The predicted octanol–water partition coefficient (Wildman–Crippen LogP) is 3.41. The number of amides is 10. The molecule has 6 atom stereocenters. The number of primary amides is 1. The highest BCUT2D eigenvalue weighted by molar-refractivity contribution is 5.97. The molecule has 0 aliphatic carbocycles. The van der Waals surface area contributed by atoms with Gasteiger partial charge in [-0.05, 0) is 114 Å². The van der Waals surface area contributed by atoms with E-state index in [1.54, 1.807) is 114 Å². The molecule has 4 aromatic carbocycles. The number of nitrogens with two attached hydrogens (primary N) is 1. The van der Waals surface area contributed by atoms with Gasteiger partial charge in [-0.3, -0.25) is 47.9 Å². The Balaban J connectivity index is 1.25. The van der Waals surface area contributed by atoms with Gasteiger partial charge < -0.3 is 83.0 Å². The maximum Gasteiger partial charge on any atom is 0.408 e. The Labute approximate surface area is 550 Å². The molecule has 10 amide bonds. The highest BCUT2D eigenvalue weighted by atomic mass is 16.6. The number of hydrogen-bond donors (Lipinski definition) is 13. The van der Waals surface area contributed by atoms with Gasteiger partial charge in [-0.15, -0.1) is 0 Å². The summed E-state index contributed by atoms with van der Waals surface area (Å²) < 4.78 is 16.3. The SMILES string of the molecule is CC(C)(C)OC(=O)C[C@H](NC(=O)[C@H](CCCNC(=O)CCCC(=O)NCCC[C@H](NC(=O)[C@H](Cc1ccc(O)cc1)NC(=O)OC(C)(C)C)C(=O)NCC(=O)O)NC(=O)[C@H](Cc1c[nH]c2ccccc12)NC(=O)OCc1ccccc1)C(=O)N[C@@H](Cc1ccccc1)C(N)=O. The first kappa shape index (κ1) is 75.2. The van der Waals surface area contributed by atoms with Crippen LogP contribution in [-0.4, -0.2) is 154 Å². The molecule has 0 saturated carbocycles. The fourth-order valence-corrected chi connectivity index (χ4v) is 9.56. The number of alkyl carbamates (subject to hydrolysis) is 2. The number of benzene rings is 4. The Morgan fingerprint density at radius 2 is 0.968 bits per heavy atom. The molecule has 14 N–H and O–H groups in total. The fraction of sp³-hybridized carbons (Fsp3) is 0.433. The number of ether oxygens (including phenoxy) is 3. The van der Waals surface area contributed by atoms with E-state index in [0.29, 0.717) is 22.3 Å². The zero-order valence-electron chi connectivity index (χ0n) is 54.1. The monoisotopic (exact) mass is 1320 g/mol. The zero-order chi connectivity index (χ0) is 69.7. The van der Waals surface area contributed by atoms with E-state index in [2.05, 4.69) is 52.8 Å². The summed E-state index contributed by atoms with van der Waals surface area (Å²) in [5.74, 6) is -8.60. The number of carbonyl (C=O) groups is 12. The van der Waals surface area contributed by atoms with Gasteiger partial charge >= 0.3 is 24.1 Å². The van der Waals surface area contributed by atoms with Crippen molar-refractivity contribution in [1.29, 1.82) is 0 Å². The second-order valence-electron chi connectivity index (χ2n) is 24.5. The molecule has 1 heterocycles. The Bertz CT molecular complexity index is 3420. The molecular weight excluding hydrogens is 1230 g/mol. The summed E-state index contributed by atoms with van der Waals surface area (Å²) in [5.41, 5.74) is 6.99. The van der Waals surface area contributed by atoms with Crippen LogP contribution in [0.2, 0.25) is 0 Å². The second kappa shape index (κ2) is 37.2. The van der Waals surface area contributed by atoms with E-state index in [9.17, 15) is 67.7 Å². The number of carboxylic acids is 1. The van der Waals surface area contributed by atoms with Crippen molar-refractivity contribution in [2.75, 3.05) is 19.6 Å². The molecule has 1 aromatic heterocycles. The van der Waals surface area contributed by atoms with E-state index in [1.807, 2.05) is 18.2 Å². The molecule has 0 fully saturated rings. The normalized spacial score (nSPS) is 13.1. The third-order valence-corrected chi connectivity index (χ3v) is 14.1. The minimum atomic E-state index is -1.70. The van der Waals surface area contributed by atoms with Crippen molar-refractivity contribution in [2.24, 2.45) is 5.73 Å². The summed E-state index contributed by atoms with van der Waals surface area (Å²) in [6.07, 6.45) is -1.51. The van der Waals surface area contributed by atoms with Crippen LogP contribution in [0.3, 0.4) is 0 Å². The number of aliphatic carboxylic acids is 1. The number of carbonyl (C=O) groups excluding carboxylic acids is 11. The van der Waals surface area contributed by atoms with Crippen LogP contribution in [0.5, 0.6) is 5.75 Å². The number of aromatic hydroxyl groups is 1. The molecule has 5 rings (SSSR count). The Kier molecular flexibility index (Phi) is 29.5. The number of H-pyrrole nitrogens is 1. The van der Waals surface area contributed by atoms with Crippen LogP contribution < -0.4 is 53.6 Å². The fourth-order valence-electron chi connectivity index (χ4n) is 9.56. The molecule has 95 heavy (non-hydrogen) atoms. The highest BCUT2D eigenvalue weighted by Crippen LogP contribution is 2.21. The smallest absolute Gasteiger partial charge is 0.408 e. The van der Waals surface area contributed by atoms with E-state index < -0.39 is 132 Å². The zero-order valence-corrected chi connectivity index (χ0v) is 54.1. The number of rotatable bonds is 36. The molecule has 0 saturated heterocycles. The van der Waals surface area contributed by atoms with Crippen LogP contribution in [0.4, 0.5) is 9.59 Å². The molecule has 28 nitrogen and oxygen atoms in total. The van der Waals surface area contributed by atoms with Crippen LogP contribution in [-0.2, 0) is 88.0 Å². The lowest BCUT2D eigenvalue weighted by Gasteiger charge is -2.27. The lowest BCUT2D eigenvalue weighted by molar-refractivity contribution is -0.156. The van der Waals surface area contributed by atoms with Crippen molar-refractivity contribution in [3.05, 3.63) is 138 Å². The Morgan fingerprint density at radius 3 is 1.54 bits per heavy atom. The van der Waals surface area contributed by atoms with Gasteiger partial charge in [0.2, 0.25) is 47.3 Å². The molecule has 512 valence electrons. The summed E-state index contributed by atoms with van der Waals surface area (Å²) in [7, 11) is 0. The molecule has 0 spiro atoms. The van der Waals surface area contributed by atoms with Gasteiger partial charge in [-0.25, -0.2) is 9.59 Å². The minimum absolute atomic E-state index is 0.00521. The van der Waals surface area contributed by atoms with Crippen LogP contribution in [0, 0.1) is 0 Å². The third kappa shape index (κ3) is 28.5. The van der Waals surface area contributed by atoms with Crippen molar-refractivity contribution in [1.82, 2.24) is 52.8 Å². The number of phenolic OH excluding ortho intramolecular Hbond substituents is 1. The number of fused-ring (bicyclic) bond motifs is 1. The maximum atomic E-state index is 14.6. The molecular formula is C67H87N11O17. The molecule has 0 aliphatic heterocycles. The lowest BCUT2D eigenvalue weighted by Crippen LogP contribution is -2.59. The Morgan fingerprint density at radius 1 is 0.495 bits per heavy atom. The number of nitrogens with one attached hydrogen (secondary N) is 10. The number of hydrogen-bond acceptors (Lipinski definition) is 16. The first-order chi connectivity index (χ1) is 45.0. The summed E-state index contributed by atoms with van der Waals surface area (Å²) in [4.78, 5) is 163. The molecule has 28 heteroatoms. The van der Waals surface area contributed by atoms with Crippen molar-refractivity contribution in [3.8, 4) is 5.75 Å². The number of phenols is 1. The summed E-state index contributed by atoms with van der Waals surface area (Å²) in [6, 6.07) is 22.1. The van der Waals surface area contributed by atoms with Crippen LogP contribution in [0.15, 0.2) is 115 Å². The molecule has 0 radical (unpaired) electrons. The van der Waals surface area contributed by atoms with E-state index in [1.165, 1.54) is 24.3 Å². The standard InChI is InChI=1S/C67H87N11O17/c1-66(2,3)94-57(84)37-53(63(90)75-50(58(68)85)34-41-18-9-7-10-19-41)76-60(87)49(74-62(89)52(36-44-38-71-47-23-14-13-22-46(44)47)77-64(91)93-40-43-20-11-8-12-21-43)25-17-33-70-55(81)27-15-26-54(80)69-32-16-24-48(59(86)72-39-56(82)83)73-61(88)51(78-65(92)95-67(4,5)6)35-42-28-30-45(79)31-29-42/h7-14,18-23,28-31,38,48-53,71,79H,15-17,24-27,32-37,39-40H2,1-6H3,(H2,68,85)(H,69,80)(H,70,81)(H,72,86)(H,73,88)(H,74,89)(H,75,90)(H,76,87)(H,77,91)(H,78,92)(H,82,83)/t48-,49-,50-,51-,52-,53-/m0/s1. The number of aromatic nitrogens is 1. The molecule has 0 unspecified atom stereocenters. The van der Waals surface area contributed by atoms with E-state index in [-0.39, 0.29) is 89.7 Å². The van der Waals surface area contributed by atoms with Gasteiger partial charge in [0.15, 0.2) is 0 Å². The number of carboxylic acid groups (broad SMARTS) is 1. The number of aromatic amines is 1. The van der Waals surface area contributed by atoms with Crippen molar-refractivity contribution >= 4 is 82.3 Å². The maximum absolute atomic E-state index is 14.6. The van der Waals surface area contributed by atoms with Crippen LogP contribution in [0.1, 0.15) is 115 Å². The molecule has 0 bridgehead atoms. The van der Waals surface area contributed by atoms with E-state index in [0.717, 1.165) is 10.9 Å². The third-order valence-electron chi connectivity index (χ3n) is 14.1. The average Bonchev–Trinajstić information content (AvgIpc) is 1.74. The topological polar surface area (TPSA) is 423 Å². The Hall–Kier alpha value is -10.5. The van der Waals surface area contributed by atoms with Crippen molar-refractivity contribution in [3.63, 3.8) is 0 Å². The van der Waals surface area contributed by atoms with E-state index in [4.69, 9.17) is 19.9 Å². The molecule has 5 aromatic rings. The van der Waals surface area contributed by atoms with Gasteiger partial charge in [-0.1, -0.05) is 91.0 Å². The van der Waals surface area contributed by atoms with Gasteiger partial charge in [-0.2, -0.15) is 0 Å². The summed E-state index contributed by atoms with van der Waals surface area (Å²) >= 11 is 0. The summed E-state index contributed by atoms with van der Waals surface area (Å²) in [6.45, 7) is 8.70. The van der Waals surface area contributed by atoms with Crippen LogP contribution >= 0.6 is 0 Å². The largest absolute Gasteiger partial charge is 0.508 e. The predicted molar refractivity (Wildman–Crippen MR) is 347 cm³/mol. The lowest BCUT2D eigenvalue weighted by atomic mass is 10.0. The number of esters is 1. The average molecular weight is 1320 g/mol. The van der Waals surface area contributed by atoms with Crippen LogP contribution in [0.25, 0.3) is 10.9 Å². The van der Waals surface area contributed by atoms with Gasteiger partial charge in [0.1, 0.15) is 66.4 Å². The summed E-state index contributed by atoms with van der Waals surface area (Å²) in [5, 5.41) is 42.9. The quantitative estimate of drug-likeness (QED) is 0.0155. The van der Waals surface area contributed by atoms with Crippen molar-refractivity contribution in [2.45, 2.75) is 166 Å². The second-order valence-corrected chi connectivity index (χ2v) is 24.5.